The molecular weight excluding hydrogens is 318 g/mol. The zero-order valence-electron chi connectivity index (χ0n) is 12.6. The first-order valence-corrected chi connectivity index (χ1v) is 8.25. The fourth-order valence-corrected chi connectivity index (χ4v) is 2.93. The summed E-state index contributed by atoms with van der Waals surface area (Å²) >= 11 is 0. The van der Waals surface area contributed by atoms with Crippen LogP contribution < -0.4 is 4.72 Å². The van der Waals surface area contributed by atoms with Gasteiger partial charge >= 0.3 is 0 Å². The van der Waals surface area contributed by atoms with E-state index < -0.39 is 10.0 Å². The SMILES string of the molecule is Cc1nc(S(=O)(=O)NCc2cn(-c3cccnc3)nn2)cn1C. The molecule has 0 unspecified atom stereocenters. The molecule has 3 heterocycles. The summed E-state index contributed by atoms with van der Waals surface area (Å²) in [6.45, 7) is 1.76. The van der Waals surface area contributed by atoms with Crippen LogP contribution in [0.1, 0.15) is 11.5 Å². The van der Waals surface area contributed by atoms with E-state index >= 15 is 0 Å². The van der Waals surface area contributed by atoms with Gasteiger partial charge in [-0.3, -0.25) is 4.98 Å². The lowest BCUT2D eigenvalue weighted by atomic mass is 10.4. The van der Waals surface area contributed by atoms with Crippen LogP contribution in [0.15, 0.2) is 41.9 Å². The molecule has 0 spiro atoms. The summed E-state index contributed by atoms with van der Waals surface area (Å²) in [7, 11) is -1.95. The molecule has 0 radical (unpaired) electrons. The van der Waals surface area contributed by atoms with Crippen LogP contribution in [0.3, 0.4) is 0 Å². The fourth-order valence-electron chi connectivity index (χ4n) is 1.89. The second-order valence-electron chi connectivity index (χ2n) is 4.93. The number of aryl methyl sites for hydroxylation is 2. The Balaban J connectivity index is 1.72. The van der Waals surface area contributed by atoms with E-state index in [-0.39, 0.29) is 11.6 Å². The smallest absolute Gasteiger partial charge is 0.259 e. The Morgan fingerprint density at radius 2 is 2.13 bits per heavy atom. The lowest BCUT2D eigenvalue weighted by Crippen LogP contribution is -2.23. The van der Waals surface area contributed by atoms with E-state index in [4.69, 9.17) is 0 Å². The molecule has 10 heteroatoms. The highest BCUT2D eigenvalue weighted by Gasteiger charge is 2.18. The van der Waals surface area contributed by atoms with Gasteiger partial charge in [0.05, 0.1) is 30.3 Å². The number of nitrogens with one attached hydrogen (secondary N) is 1. The highest BCUT2D eigenvalue weighted by Crippen LogP contribution is 2.09. The third kappa shape index (κ3) is 3.27. The minimum Gasteiger partial charge on any atom is -0.337 e. The van der Waals surface area contributed by atoms with Crippen molar-refractivity contribution in [3.05, 3.63) is 48.4 Å². The molecule has 0 saturated carbocycles. The van der Waals surface area contributed by atoms with Crippen LogP contribution in [0, 0.1) is 6.92 Å². The third-order valence-electron chi connectivity index (χ3n) is 3.26. The van der Waals surface area contributed by atoms with Gasteiger partial charge in [0.15, 0.2) is 5.03 Å². The second kappa shape index (κ2) is 5.89. The summed E-state index contributed by atoms with van der Waals surface area (Å²) in [6, 6.07) is 3.61. The van der Waals surface area contributed by atoms with Gasteiger partial charge in [-0.15, -0.1) is 5.10 Å². The molecule has 0 aromatic carbocycles. The number of hydrogen-bond acceptors (Lipinski definition) is 6. The van der Waals surface area contributed by atoms with Crippen molar-refractivity contribution < 1.29 is 8.42 Å². The number of hydrogen-bond donors (Lipinski definition) is 1. The average Bonchev–Trinajstić information content (AvgIpc) is 3.14. The first-order chi connectivity index (χ1) is 11.0. The van der Waals surface area contributed by atoms with Crippen LogP contribution >= 0.6 is 0 Å². The summed E-state index contributed by atoms with van der Waals surface area (Å²) in [5.74, 6) is 0.618. The normalized spacial score (nSPS) is 11.7. The van der Waals surface area contributed by atoms with E-state index in [1.807, 2.05) is 6.07 Å². The van der Waals surface area contributed by atoms with Gasteiger partial charge in [-0.1, -0.05) is 5.21 Å². The number of nitrogens with zero attached hydrogens (tertiary/aromatic N) is 6. The van der Waals surface area contributed by atoms with Gasteiger partial charge in [0, 0.05) is 19.4 Å². The Morgan fingerprint density at radius 1 is 1.30 bits per heavy atom. The molecule has 0 saturated heterocycles. The Kier molecular flexibility index (Phi) is 3.92. The number of imidazole rings is 1. The third-order valence-corrected chi connectivity index (χ3v) is 4.53. The Bertz CT molecular complexity index is 895. The van der Waals surface area contributed by atoms with E-state index in [0.717, 1.165) is 5.69 Å². The topological polar surface area (TPSA) is 108 Å². The van der Waals surface area contributed by atoms with Crippen molar-refractivity contribution in [2.75, 3.05) is 0 Å². The quantitative estimate of drug-likeness (QED) is 0.714. The maximum absolute atomic E-state index is 12.2. The molecule has 0 amide bonds. The van der Waals surface area contributed by atoms with Crippen molar-refractivity contribution in [2.45, 2.75) is 18.5 Å². The van der Waals surface area contributed by atoms with Crippen molar-refractivity contribution in [2.24, 2.45) is 7.05 Å². The Labute approximate surface area is 133 Å². The fraction of sp³-hybridized carbons (Fsp3) is 0.231. The summed E-state index contributed by atoms with van der Waals surface area (Å²) in [4.78, 5) is 8.01. The lowest BCUT2D eigenvalue weighted by molar-refractivity contribution is 0.577. The van der Waals surface area contributed by atoms with Gasteiger partial charge in [-0.05, 0) is 19.1 Å². The molecule has 3 rings (SSSR count). The molecular formula is C13H15N7O2S. The molecule has 0 atom stereocenters. The minimum atomic E-state index is -3.69. The van der Waals surface area contributed by atoms with Crippen molar-refractivity contribution in [1.29, 1.82) is 0 Å². The van der Waals surface area contributed by atoms with Crippen molar-refractivity contribution in [1.82, 2.24) is 34.3 Å². The molecule has 0 fully saturated rings. The van der Waals surface area contributed by atoms with Crippen LogP contribution in [0.4, 0.5) is 0 Å². The minimum absolute atomic E-state index is 0.0165. The molecule has 0 aliphatic carbocycles. The van der Waals surface area contributed by atoms with Gasteiger partial charge in [0.25, 0.3) is 10.0 Å². The van der Waals surface area contributed by atoms with E-state index in [9.17, 15) is 8.42 Å². The van der Waals surface area contributed by atoms with Gasteiger partial charge in [-0.25, -0.2) is 22.8 Å². The van der Waals surface area contributed by atoms with Gasteiger partial charge in [0.2, 0.25) is 0 Å². The largest absolute Gasteiger partial charge is 0.337 e. The van der Waals surface area contributed by atoms with Crippen LogP contribution in [0.2, 0.25) is 0 Å². The standard InChI is InChI=1S/C13H15N7O2S/c1-10-16-13(9-19(10)2)23(21,22)15-6-11-8-20(18-17-11)12-4-3-5-14-7-12/h3-5,7-9,15H,6H2,1-2H3. The van der Waals surface area contributed by atoms with E-state index in [1.165, 1.54) is 10.9 Å². The number of sulfonamides is 1. The molecule has 23 heavy (non-hydrogen) atoms. The summed E-state index contributed by atoms with van der Waals surface area (Å²) in [6.07, 6.45) is 6.40. The van der Waals surface area contributed by atoms with E-state index in [1.54, 1.807) is 43.2 Å². The Hall–Kier alpha value is -2.59. The first kappa shape index (κ1) is 15.3. The number of rotatable bonds is 5. The molecule has 3 aromatic heterocycles. The average molecular weight is 333 g/mol. The van der Waals surface area contributed by atoms with E-state index in [0.29, 0.717) is 11.5 Å². The first-order valence-electron chi connectivity index (χ1n) is 6.77. The van der Waals surface area contributed by atoms with Crippen molar-refractivity contribution in [3.8, 4) is 5.69 Å². The summed E-state index contributed by atoms with van der Waals surface area (Å²) in [5, 5.41) is 7.88. The van der Waals surface area contributed by atoms with Crippen molar-refractivity contribution >= 4 is 10.0 Å². The zero-order valence-corrected chi connectivity index (χ0v) is 13.4. The number of pyridine rings is 1. The van der Waals surface area contributed by atoms with Gasteiger partial charge in [-0.2, -0.15) is 0 Å². The van der Waals surface area contributed by atoms with Gasteiger partial charge in [0.1, 0.15) is 5.82 Å². The number of aromatic nitrogens is 6. The molecule has 0 bridgehead atoms. The van der Waals surface area contributed by atoms with Crippen LogP contribution in [0.25, 0.3) is 5.69 Å². The molecule has 1 N–H and O–H groups in total. The van der Waals surface area contributed by atoms with Crippen molar-refractivity contribution in [3.63, 3.8) is 0 Å². The monoisotopic (exact) mass is 333 g/mol. The predicted octanol–water partition coefficient (Wildman–Crippen LogP) is 0.183. The van der Waals surface area contributed by atoms with Crippen LogP contribution in [0.5, 0.6) is 0 Å². The van der Waals surface area contributed by atoms with Crippen LogP contribution in [-0.2, 0) is 23.6 Å². The maximum atomic E-state index is 12.2. The maximum Gasteiger partial charge on any atom is 0.259 e. The molecule has 120 valence electrons. The highest BCUT2D eigenvalue weighted by molar-refractivity contribution is 7.89. The molecule has 3 aromatic rings. The van der Waals surface area contributed by atoms with E-state index in [2.05, 4.69) is 25.0 Å². The summed E-state index contributed by atoms with van der Waals surface area (Å²) < 4.78 is 30.0. The second-order valence-corrected chi connectivity index (χ2v) is 6.64. The molecule has 0 aliphatic heterocycles. The predicted molar refractivity (Wildman–Crippen MR) is 81.1 cm³/mol. The lowest BCUT2D eigenvalue weighted by Gasteiger charge is -2.01. The highest BCUT2D eigenvalue weighted by atomic mass is 32.2. The summed E-state index contributed by atoms with van der Waals surface area (Å²) in [5.41, 5.74) is 1.24. The van der Waals surface area contributed by atoms with Gasteiger partial charge < -0.3 is 4.57 Å². The molecule has 9 nitrogen and oxygen atoms in total. The zero-order chi connectivity index (χ0) is 16.4. The molecule has 0 aliphatic rings. The van der Waals surface area contributed by atoms with Crippen LogP contribution in [-0.4, -0.2) is 37.9 Å². The Morgan fingerprint density at radius 3 is 2.78 bits per heavy atom.